The molecule has 1 N–H and O–H groups in total. The number of carbonyl (C=O) groups excluding carboxylic acids is 1. The first-order valence-electron chi connectivity index (χ1n) is 12.0. The number of nitrogens with zero attached hydrogens (tertiary/aromatic N) is 3. The van der Waals surface area contributed by atoms with E-state index in [1.807, 2.05) is 0 Å². The van der Waals surface area contributed by atoms with Crippen molar-refractivity contribution in [2.24, 2.45) is 5.41 Å². The Kier molecular flexibility index (Phi) is 7.52. The van der Waals surface area contributed by atoms with Crippen LogP contribution in [-0.2, 0) is 20.4 Å². The number of anilines is 1. The number of alkyl halides is 3. The van der Waals surface area contributed by atoms with E-state index in [1.165, 1.54) is 12.3 Å². The van der Waals surface area contributed by atoms with E-state index < -0.39 is 17.2 Å². The zero-order chi connectivity index (χ0) is 25.9. The Balaban J connectivity index is 1.63. The van der Waals surface area contributed by atoms with Gasteiger partial charge in [-0.2, -0.15) is 13.2 Å². The lowest BCUT2D eigenvalue weighted by Gasteiger charge is -2.22. The molecule has 10 heteroatoms. The summed E-state index contributed by atoms with van der Waals surface area (Å²) in [7, 11) is 0. The highest BCUT2D eigenvalue weighted by molar-refractivity contribution is 5.99. The Bertz CT molecular complexity index is 1310. The van der Waals surface area contributed by atoms with Gasteiger partial charge in [-0.15, -0.1) is 0 Å². The number of fused-ring (bicyclic) bond motifs is 3. The van der Waals surface area contributed by atoms with Crippen LogP contribution in [-0.4, -0.2) is 46.2 Å². The molecule has 7 nitrogen and oxygen atoms in total. The van der Waals surface area contributed by atoms with Crippen LogP contribution in [0.2, 0.25) is 0 Å². The predicted octanol–water partition coefficient (Wildman–Crippen LogP) is 5.21. The fourth-order valence-electron chi connectivity index (χ4n) is 3.76. The minimum Gasteiger partial charge on any atom is -0.367 e. The van der Waals surface area contributed by atoms with Gasteiger partial charge in [0, 0.05) is 18.6 Å². The zero-order valence-corrected chi connectivity index (χ0v) is 20.5. The highest BCUT2D eigenvalue weighted by atomic mass is 19.4. The van der Waals surface area contributed by atoms with E-state index in [4.69, 9.17) is 9.47 Å². The molecule has 0 spiro atoms. The maximum absolute atomic E-state index is 13.4. The smallest absolute Gasteiger partial charge is 0.367 e. The summed E-state index contributed by atoms with van der Waals surface area (Å²) in [5.41, 5.74) is -0.108. The van der Waals surface area contributed by atoms with E-state index in [0.29, 0.717) is 48.9 Å². The summed E-state index contributed by atoms with van der Waals surface area (Å²) >= 11 is 0. The van der Waals surface area contributed by atoms with Crippen LogP contribution >= 0.6 is 0 Å². The maximum atomic E-state index is 13.4. The summed E-state index contributed by atoms with van der Waals surface area (Å²) in [5.74, 6) is 5.54. The lowest BCUT2D eigenvalue weighted by molar-refractivity contribution is -0.162. The van der Waals surface area contributed by atoms with Gasteiger partial charge in [-0.1, -0.05) is 20.8 Å². The molecule has 1 saturated heterocycles. The van der Waals surface area contributed by atoms with Crippen molar-refractivity contribution in [3.63, 3.8) is 0 Å². The lowest BCUT2D eigenvalue weighted by atomic mass is 9.91. The minimum absolute atomic E-state index is 0.134. The van der Waals surface area contributed by atoms with Gasteiger partial charge in [-0.05, 0) is 55.7 Å². The summed E-state index contributed by atoms with van der Waals surface area (Å²) in [5, 5.41) is 3.17. The van der Waals surface area contributed by atoms with Crippen LogP contribution in [0, 0.1) is 17.3 Å². The molecular weight excluding hydrogens is 473 g/mol. The van der Waals surface area contributed by atoms with Gasteiger partial charge in [0.05, 0.1) is 29.4 Å². The van der Waals surface area contributed by atoms with Crippen LogP contribution < -0.4 is 5.32 Å². The van der Waals surface area contributed by atoms with Crippen molar-refractivity contribution >= 4 is 28.3 Å². The van der Waals surface area contributed by atoms with Crippen LogP contribution in [0.5, 0.6) is 0 Å². The number of ether oxygens (including phenoxy) is 2. The van der Waals surface area contributed by atoms with Crippen molar-refractivity contribution < 1.29 is 27.4 Å². The molecule has 1 aliphatic rings. The maximum Gasteiger partial charge on any atom is 0.416 e. The number of hydrogen-bond donors (Lipinski definition) is 1. The second kappa shape index (κ2) is 10.4. The molecule has 0 radical (unpaired) electrons. The number of imidazole rings is 1. The fraction of sp³-hybridized carbons (Fsp3) is 0.500. The molecule has 0 aliphatic carbocycles. The molecule has 3 heterocycles. The average Bonchev–Trinajstić information content (AvgIpc) is 3.26. The van der Waals surface area contributed by atoms with Gasteiger partial charge in [0.15, 0.2) is 17.8 Å². The molecule has 1 aliphatic heterocycles. The average molecular weight is 503 g/mol. The van der Waals surface area contributed by atoms with Gasteiger partial charge >= 0.3 is 6.18 Å². The summed E-state index contributed by atoms with van der Waals surface area (Å²) in [4.78, 5) is 21.2. The van der Waals surface area contributed by atoms with Crippen LogP contribution in [0.25, 0.3) is 16.7 Å². The molecule has 0 saturated carbocycles. The first-order valence-corrected chi connectivity index (χ1v) is 12.0. The van der Waals surface area contributed by atoms with E-state index in [9.17, 15) is 18.0 Å². The highest BCUT2D eigenvalue weighted by Crippen LogP contribution is 2.32. The number of aromatic nitrogens is 3. The molecule has 192 valence electrons. The Morgan fingerprint density at radius 2 is 2.08 bits per heavy atom. The molecule has 1 aromatic carbocycles. The van der Waals surface area contributed by atoms with Crippen LogP contribution in [0.3, 0.4) is 0 Å². The summed E-state index contributed by atoms with van der Waals surface area (Å²) in [6.45, 7) is 6.94. The van der Waals surface area contributed by atoms with E-state index >= 15 is 0 Å². The number of benzene rings is 1. The highest BCUT2D eigenvalue weighted by Gasteiger charge is 2.31. The molecule has 4 rings (SSSR count). The second-order valence-electron chi connectivity index (χ2n) is 9.74. The number of Topliss-reactive ketones (excluding diaryl/α,β-unsaturated/α-hetero) is 1. The molecule has 0 amide bonds. The van der Waals surface area contributed by atoms with Crippen molar-refractivity contribution in [3.05, 3.63) is 35.7 Å². The molecule has 1 atom stereocenters. The normalized spacial score (nSPS) is 16.7. The molecule has 1 unspecified atom stereocenters. The first-order chi connectivity index (χ1) is 17.0. The zero-order valence-electron chi connectivity index (χ0n) is 20.5. The van der Waals surface area contributed by atoms with Crippen molar-refractivity contribution in [2.45, 2.75) is 58.9 Å². The summed E-state index contributed by atoms with van der Waals surface area (Å²) in [6.07, 6.45) is 0.434. The SMILES string of the molecule is CC(C)(C)C(=O)C#Cc1cnc2c(NCCCOC3CCCCO3)nc3cc(C(F)(F)F)ccc3n12. The van der Waals surface area contributed by atoms with Gasteiger partial charge in [0.2, 0.25) is 5.78 Å². The molecule has 36 heavy (non-hydrogen) atoms. The number of nitrogens with one attached hydrogen (secondary N) is 1. The van der Waals surface area contributed by atoms with E-state index in [0.717, 1.165) is 31.4 Å². The molecular formula is C26H29F3N4O3. The van der Waals surface area contributed by atoms with Gasteiger partial charge < -0.3 is 14.8 Å². The van der Waals surface area contributed by atoms with Gasteiger partial charge in [0.25, 0.3) is 0 Å². The molecule has 2 aromatic heterocycles. The quantitative estimate of drug-likeness (QED) is 0.368. The Hall–Kier alpha value is -3.16. The topological polar surface area (TPSA) is 77.8 Å². The molecule has 1 fully saturated rings. The Morgan fingerprint density at radius 1 is 1.28 bits per heavy atom. The van der Waals surface area contributed by atoms with Crippen LogP contribution in [0.15, 0.2) is 24.4 Å². The third kappa shape index (κ3) is 5.97. The predicted molar refractivity (Wildman–Crippen MR) is 129 cm³/mol. The Morgan fingerprint density at radius 3 is 2.78 bits per heavy atom. The number of carbonyl (C=O) groups is 1. The van der Waals surface area contributed by atoms with Gasteiger partial charge in [-0.3, -0.25) is 9.20 Å². The van der Waals surface area contributed by atoms with Crippen LogP contribution in [0.4, 0.5) is 19.0 Å². The first kappa shape index (κ1) is 25.9. The standard InChI is InChI=1S/C26H29F3N4O3/c1-25(2,3)21(34)11-9-18-16-31-24-23(30-12-6-14-36-22-7-4-5-13-35-22)32-19-15-17(26(27,28)29)8-10-20(19)33(18)24/h8,10,15-16,22H,4-7,12-14H2,1-3H3,(H,30,32). The fourth-order valence-corrected chi connectivity index (χ4v) is 3.76. The van der Waals surface area contributed by atoms with Gasteiger partial charge in [0.1, 0.15) is 5.69 Å². The van der Waals surface area contributed by atoms with Gasteiger partial charge in [-0.25, -0.2) is 9.97 Å². The third-order valence-electron chi connectivity index (χ3n) is 5.79. The number of hydrogen-bond acceptors (Lipinski definition) is 6. The van der Waals surface area contributed by atoms with Crippen molar-refractivity contribution in [3.8, 4) is 11.8 Å². The lowest BCUT2D eigenvalue weighted by Crippen LogP contribution is -2.23. The van der Waals surface area contributed by atoms with E-state index in [1.54, 1.807) is 25.2 Å². The largest absolute Gasteiger partial charge is 0.416 e. The Labute approximate surface area is 207 Å². The van der Waals surface area contributed by atoms with Crippen molar-refractivity contribution in [1.29, 1.82) is 0 Å². The van der Waals surface area contributed by atoms with Crippen molar-refractivity contribution in [1.82, 2.24) is 14.4 Å². The summed E-state index contributed by atoms with van der Waals surface area (Å²) < 4.78 is 53.0. The summed E-state index contributed by atoms with van der Waals surface area (Å²) in [6, 6.07) is 3.35. The monoisotopic (exact) mass is 502 g/mol. The van der Waals surface area contributed by atoms with E-state index in [-0.39, 0.29) is 17.6 Å². The van der Waals surface area contributed by atoms with Crippen molar-refractivity contribution in [2.75, 3.05) is 25.1 Å². The van der Waals surface area contributed by atoms with E-state index in [2.05, 4.69) is 27.1 Å². The molecule has 0 bridgehead atoms. The molecule has 3 aromatic rings. The van der Waals surface area contributed by atoms with Crippen LogP contribution in [0.1, 0.15) is 57.7 Å². The third-order valence-corrected chi connectivity index (χ3v) is 5.79. The number of rotatable bonds is 6. The number of ketones is 1. The number of halogens is 3. The minimum atomic E-state index is -4.51. The second-order valence-corrected chi connectivity index (χ2v) is 9.74.